The molecule has 0 radical (unpaired) electrons. The van der Waals surface area contributed by atoms with Crippen LogP contribution in [0.4, 0.5) is 15.9 Å². The number of halogens is 1. The second kappa shape index (κ2) is 9.41. The zero-order valence-electron chi connectivity index (χ0n) is 18.1. The van der Waals surface area contributed by atoms with E-state index in [1.807, 2.05) is 24.3 Å². The van der Waals surface area contributed by atoms with Crippen LogP contribution in [-0.4, -0.2) is 33.2 Å². The molecule has 5 aromatic rings. The zero-order valence-corrected chi connectivity index (χ0v) is 18.1. The number of para-hydroxylation sites is 2. The number of nitrogens with one attached hydrogen (secondary N) is 1. The first-order valence-electron chi connectivity index (χ1n) is 10.3. The van der Waals surface area contributed by atoms with Crippen LogP contribution in [0, 0.1) is 5.82 Å². The van der Waals surface area contributed by atoms with Gasteiger partial charge in [-0.3, -0.25) is 4.99 Å². The van der Waals surface area contributed by atoms with E-state index in [1.165, 1.54) is 18.7 Å². The summed E-state index contributed by atoms with van der Waals surface area (Å²) >= 11 is 0. The summed E-state index contributed by atoms with van der Waals surface area (Å²) in [6.07, 6.45) is 6.30. The van der Waals surface area contributed by atoms with Crippen LogP contribution in [0.3, 0.4) is 0 Å². The van der Waals surface area contributed by atoms with Gasteiger partial charge in [0.1, 0.15) is 35.5 Å². The Balaban J connectivity index is 1.30. The average Bonchev–Trinajstić information content (AvgIpc) is 3.64. The fourth-order valence-electron chi connectivity index (χ4n) is 3.30. The third kappa shape index (κ3) is 4.56. The fourth-order valence-corrected chi connectivity index (χ4v) is 3.30. The number of nitrogens with zero attached hydrogens (tertiary/aromatic N) is 5. The number of hydrogen-bond acceptors (Lipinski definition) is 8. The zero-order chi connectivity index (χ0) is 23.3. The first-order chi connectivity index (χ1) is 16.7. The molecule has 9 nitrogen and oxygen atoms in total. The van der Waals surface area contributed by atoms with E-state index in [9.17, 15) is 4.39 Å². The third-order valence-corrected chi connectivity index (χ3v) is 4.99. The molecule has 0 saturated carbocycles. The van der Waals surface area contributed by atoms with Gasteiger partial charge in [0.25, 0.3) is 0 Å². The summed E-state index contributed by atoms with van der Waals surface area (Å²) in [5, 5.41) is 10.8. The van der Waals surface area contributed by atoms with Gasteiger partial charge in [-0.2, -0.15) is 0 Å². The summed E-state index contributed by atoms with van der Waals surface area (Å²) in [5.41, 5.74) is 2.73. The number of imidazole rings is 1. The lowest BCUT2D eigenvalue weighted by molar-refractivity contribution is 0.389. The van der Waals surface area contributed by atoms with Gasteiger partial charge in [-0.15, -0.1) is 0 Å². The van der Waals surface area contributed by atoms with Crippen molar-refractivity contribution < 1.29 is 18.2 Å². The van der Waals surface area contributed by atoms with Gasteiger partial charge in [-0.1, -0.05) is 28.5 Å². The van der Waals surface area contributed by atoms with Crippen molar-refractivity contribution in [3.63, 3.8) is 0 Å². The summed E-state index contributed by atoms with van der Waals surface area (Å²) < 4.78 is 31.9. The predicted molar refractivity (Wildman–Crippen MR) is 123 cm³/mol. The van der Waals surface area contributed by atoms with E-state index >= 15 is 0 Å². The van der Waals surface area contributed by atoms with Crippen molar-refractivity contribution in [2.75, 3.05) is 12.4 Å². The topological polar surface area (TPSA) is 104 Å². The highest BCUT2D eigenvalue weighted by molar-refractivity contribution is 5.80. The number of benzene rings is 2. The smallest absolute Gasteiger partial charge is 0.169 e. The fraction of sp³-hybridized carbons (Fsp3) is 0.0833. The van der Waals surface area contributed by atoms with Crippen molar-refractivity contribution >= 4 is 17.7 Å². The molecule has 0 aliphatic carbocycles. The molecule has 34 heavy (non-hydrogen) atoms. The molecular formula is C24H19FN6O3. The molecule has 10 heteroatoms. The van der Waals surface area contributed by atoms with Crippen molar-refractivity contribution in [3.05, 3.63) is 90.7 Å². The van der Waals surface area contributed by atoms with E-state index in [-0.39, 0.29) is 0 Å². The van der Waals surface area contributed by atoms with Crippen molar-refractivity contribution in [2.45, 2.75) is 6.54 Å². The van der Waals surface area contributed by atoms with Crippen LogP contribution in [0.2, 0.25) is 0 Å². The molecule has 1 N–H and O–H groups in total. The summed E-state index contributed by atoms with van der Waals surface area (Å²) in [7, 11) is 1.59. The van der Waals surface area contributed by atoms with Gasteiger partial charge in [0.2, 0.25) is 0 Å². The molecule has 0 amide bonds. The second-order valence-electron chi connectivity index (χ2n) is 7.22. The van der Waals surface area contributed by atoms with Gasteiger partial charge in [-0.25, -0.2) is 9.37 Å². The van der Waals surface area contributed by atoms with E-state index in [0.29, 0.717) is 52.2 Å². The van der Waals surface area contributed by atoms with Crippen molar-refractivity contribution in [1.29, 1.82) is 0 Å². The molecular weight excluding hydrogens is 439 g/mol. The minimum atomic E-state index is -0.423. The van der Waals surface area contributed by atoms with Crippen molar-refractivity contribution in [3.8, 4) is 22.7 Å². The van der Waals surface area contributed by atoms with Gasteiger partial charge < -0.3 is 23.7 Å². The molecule has 5 rings (SSSR count). The molecule has 0 spiro atoms. The van der Waals surface area contributed by atoms with Gasteiger partial charge in [0.05, 0.1) is 31.3 Å². The Morgan fingerprint density at radius 3 is 2.88 bits per heavy atom. The number of rotatable bonds is 8. The number of anilines is 1. The van der Waals surface area contributed by atoms with Gasteiger partial charge in [-0.05, 0) is 24.3 Å². The number of aromatic nitrogens is 4. The normalized spacial score (nSPS) is 11.2. The summed E-state index contributed by atoms with van der Waals surface area (Å²) in [4.78, 5) is 8.70. The van der Waals surface area contributed by atoms with Crippen molar-refractivity contribution in [2.24, 2.45) is 4.99 Å². The number of aliphatic imine (C=N–C) groups is 1. The third-order valence-electron chi connectivity index (χ3n) is 4.99. The highest BCUT2D eigenvalue weighted by Gasteiger charge is 2.12. The standard InChI is InChI=1S/C24H19FN6O3/c1-32-23-5-3-2-4-20(23)26-12-17-14-31(15-28-17)22-7-6-16(10-19(22)25)21-11-18(34-29-21)13-27-24-8-9-33-30-24/h2-12,14-15H,13H2,1H3,(H,27,30). The molecule has 0 unspecified atom stereocenters. The van der Waals surface area contributed by atoms with E-state index in [0.717, 1.165) is 0 Å². The minimum Gasteiger partial charge on any atom is -0.494 e. The first-order valence-corrected chi connectivity index (χ1v) is 10.3. The van der Waals surface area contributed by atoms with Crippen LogP contribution in [-0.2, 0) is 6.54 Å². The summed E-state index contributed by atoms with van der Waals surface area (Å²) in [6, 6.07) is 15.7. The molecule has 0 aliphatic heterocycles. The van der Waals surface area contributed by atoms with Crippen LogP contribution in [0.25, 0.3) is 16.9 Å². The van der Waals surface area contributed by atoms with E-state index < -0.39 is 5.82 Å². The largest absolute Gasteiger partial charge is 0.494 e. The minimum absolute atomic E-state index is 0.351. The lowest BCUT2D eigenvalue weighted by Crippen LogP contribution is -1.97. The van der Waals surface area contributed by atoms with Gasteiger partial charge >= 0.3 is 0 Å². The predicted octanol–water partition coefficient (Wildman–Crippen LogP) is 5.03. The van der Waals surface area contributed by atoms with Crippen LogP contribution in [0.15, 0.2) is 87.4 Å². The molecule has 0 fully saturated rings. The molecule has 0 atom stereocenters. The molecule has 3 heterocycles. The second-order valence-corrected chi connectivity index (χ2v) is 7.22. The summed E-state index contributed by atoms with van der Waals surface area (Å²) in [6.45, 7) is 0.369. The van der Waals surface area contributed by atoms with Crippen LogP contribution in [0.1, 0.15) is 11.5 Å². The van der Waals surface area contributed by atoms with E-state index in [2.05, 4.69) is 25.6 Å². The number of hydrogen-bond donors (Lipinski definition) is 1. The number of ether oxygens (including phenoxy) is 1. The summed E-state index contributed by atoms with van der Waals surface area (Å²) in [5.74, 6) is 1.40. The Bertz CT molecular complexity index is 1420. The molecule has 0 aliphatic rings. The van der Waals surface area contributed by atoms with Gasteiger partial charge in [0.15, 0.2) is 11.6 Å². The molecule has 0 saturated heterocycles. The molecule has 3 aromatic heterocycles. The number of methoxy groups -OCH3 is 1. The van der Waals surface area contributed by atoms with Crippen LogP contribution in [0.5, 0.6) is 5.75 Å². The Morgan fingerprint density at radius 1 is 1.15 bits per heavy atom. The monoisotopic (exact) mass is 458 g/mol. The molecule has 2 aromatic carbocycles. The lowest BCUT2D eigenvalue weighted by Gasteiger charge is -2.05. The Hall–Kier alpha value is -4.73. The van der Waals surface area contributed by atoms with E-state index in [1.54, 1.807) is 48.4 Å². The highest BCUT2D eigenvalue weighted by Crippen LogP contribution is 2.26. The Kier molecular flexibility index (Phi) is 5.85. The maximum absolute atomic E-state index is 14.9. The Morgan fingerprint density at radius 2 is 2.06 bits per heavy atom. The maximum Gasteiger partial charge on any atom is 0.169 e. The van der Waals surface area contributed by atoms with Crippen molar-refractivity contribution in [1.82, 2.24) is 19.9 Å². The van der Waals surface area contributed by atoms with Crippen LogP contribution < -0.4 is 10.1 Å². The van der Waals surface area contributed by atoms with E-state index in [4.69, 9.17) is 13.8 Å². The quantitative estimate of drug-likeness (QED) is 0.325. The van der Waals surface area contributed by atoms with Crippen LogP contribution >= 0.6 is 0 Å². The average molecular weight is 458 g/mol. The molecule has 0 bridgehead atoms. The van der Waals surface area contributed by atoms with Gasteiger partial charge in [0, 0.05) is 23.9 Å². The molecule has 170 valence electrons. The maximum atomic E-state index is 14.9. The highest BCUT2D eigenvalue weighted by atomic mass is 19.1. The lowest BCUT2D eigenvalue weighted by atomic mass is 10.1. The Labute approximate surface area is 193 Å². The SMILES string of the molecule is COc1ccccc1N=Cc1cn(-c2ccc(-c3cc(CNc4ccon4)on3)cc2F)cn1. The first kappa shape index (κ1) is 21.1.